The predicted octanol–water partition coefficient (Wildman–Crippen LogP) is 3.40. The van der Waals surface area contributed by atoms with Crippen LogP contribution < -0.4 is 0 Å². The first-order chi connectivity index (χ1) is 6.59. The lowest BCUT2D eigenvalue weighted by Gasteiger charge is -2.06. The molecule has 0 saturated carbocycles. The summed E-state index contributed by atoms with van der Waals surface area (Å²) in [5, 5.41) is 0. The van der Waals surface area contributed by atoms with Gasteiger partial charge in [-0.2, -0.15) is 0 Å². The summed E-state index contributed by atoms with van der Waals surface area (Å²) in [4.78, 5) is 4.04. The van der Waals surface area contributed by atoms with E-state index in [1.54, 1.807) is 12.4 Å². The summed E-state index contributed by atoms with van der Waals surface area (Å²) in [5.41, 5.74) is 2.01. The lowest BCUT2D eigenvalue weighted by atomic mass is 10.0. The molecule has 0 fully saturated rings. The summed E-state index contributed by atoms with van der Waals surface area (Å²) < 4.78 is 23.9. The molecule has 1 aromatic rings. The molecule has 0 spiro atoms. The zero-order valence-corrected chi connectivity index (χ0v) is 8.50. The number of alkyl halides is 2. The van der Waals surface area contributed by atoms with Crippen LogP contribution in [0.15, 0.2) is 18.5 Å². The van der Waals surface area contributed by atoms with Crippen molar-refractivity contribution in [3.8, 4) is 0 Å². The highest BCUT2D eigenvalue weighted by atomic mass is 19.3. The van der Waals surface area contributed by atoms with Gasteiger partial charge in [-0.05, 0) is 23.5 Å². The largest absolute Gasteiger partial charge is 0.264 e. The van der Waals surface area contributed by atoms with Gasteiger partial charge in [-0.25, -0.2) is 8.78 Å². The Morgan fingerprint density at radius 1 is 1.29 bits per heavy atom. The number of halogens is 2. The Morgan fingerprint density at radius 2 is 2.00 bits per heavy atom. The molecule has 0 radical (unpaired) electrons. The van der Waals surface area contributed by atoms with Crippen molar-refractivity contribution in [2.45, 2.75) is 39.0 Å². The summed E-state index contributed by atoms with van der Waals surface area (Å²) in [5.74, 6) is 0.397. The molecule has 0 N–H and O–H groups in total. The molecule has 0 atom stereocenters. The number of hydrogen-bond acceptors (Lipinski definition) is 1. The van der Waals surface area contributed by atoms with Crippen LogP contribution in [0.25, 0.3) is 0 Å². The third kappa shape index (κ3) is 3.40. The fourth-order valence-corrected chi connectivity index (χ4v) is 1.24. The van der Waals surface area contributed by atoms with Crippen molar-refractivity contribution in [1.29, 1.82) is 0 Å². The molecule has 78 valence electrons. The van der Waals surface area contributed by atoms with Gasteiger partial charge in [-0.15, -0.1) is 0 Å². The standard InChI is InChI=1S/C11H15F2N/c1-8(2)10-5-9(6-14-7-10)3-4-11(12)13/h5-8,11H,3-4H2,1-2H3. The van der Waals surface area contributed by atoms with E-state index in [0.29, 0.717) is 12.3 Å². The first kappa shape index (κ1) is 11.1. The normalized spacial score (nSPS) is 11.3. The van der Waals surface area contributed by atoms with Crippen LogP contribution >= 0.6 is 0 Å². The lowest BCUT2D eigenvalue weighted by molar-refractivity contribution is 0.138. The maximum atomic E-state index is 12.0. The van der Waals surface area contributed by atoms with Crippen molar-refractivity contribution >= 4 is 0 Å². The molecule has 0 aliphatic heterocycles. The maximum Gasteiger partial charge on any atom is 0.239 e. The number of rotatable bonds is 4. The Labute approximate surface area is 83.2 Å². The van der Waals surface area contributed by atoms with E-state index in [1.807, 2.05) is 6.07 Å². The topological polar surface area (TPSA) is 12.9 Å². The van der Waals surface area contributed by atoms with Crippen LogP contribution in [0.5, 0.6) is 0 Å². The van der Waals surface area contributed by atoms with Gasteiger partial charge in [0.15, 0.2) is 0 Å². The minimum absolute atomic E-state index is 0.0801. The summed E-state index contributed by atoms with van der Waals surface area (Å²) in [6.07, 6.45) is 1.55. The average Bonchev–Trinajstić information content (AvgIpc) is 2.15. The Balaban J connectivity index is 2.64. The zero-order valence-electron chi connectivity index (χ0n) is 8.50. The third-order valence-electron chi connectivity index (χ3n) is 2.13. The predicted molar refractivity (Wildman–Crippen MR) is 52.7 cm³/mol. The minimum Gasteiger partial charge on any atom is -0.264 e. The fraction of sp³-hybridized carbons (Fsp3) is 0.545. The highest BCUT2D eigenvalue weighted by molar-refractivity contribution is 5.20. The highest BCUT2D eigenvalue weighted by Gasteiger charge is 2.05. The number of aryl methyl sites for hydroxylation is 1. The molecule has 0 unspecified atom stereocenters. The van der Waals surface area contributed by atoms with Crippen molar-refractivity contribution < 1.29 is 8.78 Å². The van der Waals surface area contributed by atoms with Crippen LogP contribution in [0, 0.1) is 0 Å². The van der Waals surface area contributed by atoms with E-state index in [9.17, 15) is 8.78 Å². The SMILES string of the molecule is CC(C)c1cncc(CCC(F)F)c1. The van der Waals surface area contributed by atoms with E-state index in [-0.39, 0.29) is 6.42 Å². The van der Waals surface area contributed by atoms with Crippen molar-refractivity contribution in [3.63, 3.8) is 0 Å². The maximum absolute atomic E-state index is 12.0. The first-order valence-corrected chi connectivity index (χ1v) is 4.81. The zero-order chi connectivity index (χ0) is 10.6. The van der Waals surface area contributed by atoms with Gasteiger partial charge in [0.05, 0.1) is 0 Å². The number of nitrogens with zero attached hydrogens (tertiary/aromatic N) is 1. The number of aromatic nitrogens is 1. The van der Waals surface area contributed by atoms with E-state index >= 15 is 0 Å². The molecule has 14 heavy (non-hydrogen) atoms. The molecular weight excluding hydrogens is 184 g/mol. The highest BCUT2D eigenvalue weighted by Crippen LogP contribution is 2.15. The lowest BCUT2D eigenvalue weighted by Crippen LogP contribution is -1.97. The van der Waals surface area contributed by atoms with Crippen molar-refractivity contribution in [2.24, 2.45) is 0 Å². The van der Waals surface area contributed by atoms with Crippen LogP contribution in [0.3, 0.4) is 0 Å². The van der Waals surface area contributed by atoms with Gasteiger partial charge in [0.1, 0.15) is 0 Å². The van der Waals surface area contributed by atoms with E-state index in [1.165, 1.54) is 0 Å². The van der Waals surface area contributed by atoms with Gasteiger partial charge < -0.3 is 0 Å². The second-order valence-corrected chi connectivity index (χ2v) is 3.71. The summed E-state index contributed by atoms with van der Waals surface area (Å²) in [7, 11) is 0. The van der Waals surface area contributed by atoms with Crippen molar-refractivity contribution in [1.82, 2.24) is 4.98 Å². The Morgan fingerprint density at radius 3 is 2.57 bits per heavy atom. The quantitative estimate of drug-likeness (QED) is 0.724. The summed E-state index contributed by atoms with van der Waals surface area (Å²) >= 11 is 0. The van der Waals surface area contributed by atoms with Gasteiger partial charge in [-0.3, -0.25) is 4.98 Å². The summed E-state index contributed by atoms with van der Waals surface area (Å²) in [6.45, 7) is 4.13. The number of pyridine rings is 1. The molecular formula is C11H15F2N. The molecule has 0 aliphatic rings. The molecule has 0 bridgehead atoms. The van der Waals surface area contributed by atoms with Crippen LogP contribution in [-0.4, -0.2) is 11.4 Å². The molecule has 1 aromatic heterocycles. The molecule has 0 aliphatic carbocycles. The van der Waals surface area contributed by atoms with Gasteiger partial charge in [0.2, 0.25) is 6.43 Å². The van der Waals surface area contributed by atoms with E-state index in [4.69, 9.17) is 0 Å². The van der Waals surface area contributed by atoms with E-state index in [2.05, 4.69) is 18.8 Å². The third-order valence-corrected chi connectivity index (χ3v) is 2.13. The van der Waals surface area contributed by atoms with Crippen LogP contribution in [0.4, 0.5) is 8.78 Å². The van der Waals surface area contributed by atoms with Gasteiger partial charge in [0.25, 0.3) is 0 Å². The van der Waals surface area contributed by atoms with E-state index in [0.717, 1.165) is 11.1 Å². The fourth-order valence-electron chi connectivity index (χ4n) is 1.24. The van der Waals surface area contributed by atoms with Crippen LogP contribution in [0.1, 0.15) is 37.3 Å². The smallest absolute Gasteiger partial charge is 0.239 e. The summed E-state index contributed by atoms with van der Waals surface area (Å²) in [6, 6.07) is 1.96. The first-order valence-electron chi connectivity index (χ1n) is 4.81. The van der Waals surface area contributed by atoms with Gasteiger partial charge >= 0.3 is 0 Å². The van der Waals surface area contributed by atoms with Crippen molar-refractivity contribution in [2.75, 3.05) is 0 Å². The van der Waals surface area contributed by atoms with E-state index < -0.39 is 6.43 Å². The van der Waals surface area contributed by atoms with Gasteiger partial charge in [0, 0.05) is 18.8 Å². The second-order valence-electron chi connectivity index (χ2n) is 3.71. The average molecular weight is 199 g/mol. The van der Waals surface area contributed by atoms with Crippen molar-refractivity contribution in [3.05, 3.63) is 29.6 Å². The monoisotopic (exact) mass is 199 g/mol. The van der Waals surface area contributed by atoms with Crippen LogP contribution in [0.2, 0.25) is 0 Å². The Bertz CT molecular complexity index is 284. The van der Waals surface area contributed by atoms with Crippen LogP contribution in [-0.2, 0) is 6.42 Å². The minimum atomic E-state index is -2.22. The second kappa shape index (κ2) is 5.03. The molecule has 3 heteroatoms. The molecule has 1 heterocycles. The molecule has 1 nitrogen and oxygen atoms in total. The molecule has 1 rings (SSSR count). The Hall–Kier alpha value is -0.990. The molecule has 0 amide bonds. The van der Waals surface area contributed by atoms with Gasteiger partial charge in [-0.1, -0.05) is 19.9 Å². The molecule has 0 saturated heterocycles. The molecule has 0 aromatic carbocycles. The number of hydrogen-bond donors (Lipinski definition) is 0. The Kier molecular flexibility index (Phi) is 3.98.